The largest absolute Gasteiger partial charge is 0.383 e. The van der Waals surface area contributed by atoms with Crippen LogP contribution < -0.4 is 5.73 Å². The summed E-state index contributed by atoms with van der Waals surface area (Å²) in [6.07, 6.45) is 3.66. The first-order chi connectivity index (χ1) is 8.81. The molecule has 4 unspecified atom stereocenters. The summed E-state index contributed by atoms with van der Waals surface area (Å²) in [6, 6.07) is 1.27. The average Bonchev–Trinajstić information content (AvgIpc) is 2.31. The van der Waals surface area contributed by atoms with Gasteiger partial charge in [0.05, 0.1) is 6.61 Å². The van der Waals surface area contributed by atoms with Gasteiger partial charge in [-0.15, -0.1) is 0 Å². The van der Waals surface area contributed by atoms with Gasteiger partial charge in [-0.3, -0.25) is 4.90 Å². The maximum absolute atomic E-state index is 6.41. The van der Waals surface area contributed by atoms with Crippen molar-refractivity contribution >= 4 is 0 Å². The van der Waals surface area contributed by atoms with Crippen LogP contribution in [-0.2, 0) is 4.74 Å². The van der Waals surface area contributed by atoms with Crippen LogP contribution in [0.25, 0.3) is 0 Å². The highest BCUT2D eigenvalue weighted by atomic mass is 16.5. The second kappa shape index (κ2) is 7.05. The molecule has 1 aliphatic rings. The summed E-state index contributed by atoms with van der Waals surface area (Å²) in [7, 11) is 1.78. The van der Waals surface area contributed by atoms with E-state index in [-0.39, 0.29) is 0 Å². The van der Waals surface area contributed by atoms with Gasteiger partial charge in [-0.05, 0) is 44.1 Å². The molecule has 0 saturated heterocycles. The van der Waals surface area contributed by atoms with Crippen LogP contribution in [0.1, 0.15) is 53.9 Å². The van der Waals surface area contributed by atoms with E-state index in [4.69, 9.17) is 10.5 Å². The van der Waals surface area contributed by atoms with E-state index in [0.717, 1.165) is 25.5 Å². The number of hydrogen-bond donors (Lipinski definition) is 1. The fraction of sp³-hybridized carbons (Fsp3) is 1.00. The maximum Gasteiger partial charge on any atom is 0.0615 e. The number of likely N-dealkylation sites (N-methyl/N-ethyl adjacent to an activating group) is 1. The molecule has 0 aromatic rings. The molecular weight excluding hydrogens is 236 g/mol. The van der Waals surface area contributed by atoms with Gasteiger partial charge < -0.3 is 10.5 Å². The van der Waals surface area contributed by atoms with Gasteiger partial charge in [0.1, 0.15) is 0 Å². The molecule has 3 heteroatoms. The standard InChI is InChI=1S/C16H34N2O/c1-7-18(12(2)11-19-6)15-10-13(16(3,4)5)8-9-14(15)17/h12-15H,7-11,17H2,1-6H3. The van der Waals surface area contributed by atoms with E-state index in [1.165, 1.54) is 12.8 Å². The van der Waals surface area contributed by atoms with Gasteiger partial charge in [0, 0.05) is 25.2 Å². The highest BCUT2D eigenvalue weighted by Gasteiger charge is 2.37. The van der Waals surface area contributed by atoms with Crippen LogP contribution in [0.3, 0.4) is 0 Å². The summed E-state index contributed by atoms with van der Waals surface area (Å²) in [5.74, 6) is 0.779. The fourth-order valence-corrected chi connectivity index (χ4v) is 3.55. The lowest BCUT2D eigenvalue weighted by molar-refractivity contribution is 0.0228. The molecule has 19 heavy (non-hydrogen) atoms. The normalized spacial score (nSPS) is 30.6. The van der Waals surface area contributed by atoms with Gasteiger partial charge in [0.2, 0.25) is 0 Å². The first kappa shape index (κ1) is 16.9. The van der Waals surface area contributed by atoms with Gasteiger partial charge in [-0.25, -0.2) is 0 Å². The molecule has 0 bridgehead atoms. The highest BCUT2D eigenvalue weighted by molar-refractivity contribution is 4.93. The lowest BCUT2D eigenvalue weighted by Crippen LogP contribution is -2.56. The molecule has 1 fully saturated rings. The minimum atomic E-state index is 0.317. The zero-order chi connectivity index (χ0) is 14.6. The molecule has 1 saturated carbocycles. The summed E-state index contributed by atoms with van der Waals surface area (Å²) >= 11 is 0. The van der Waals surface area contributed by atoms with E-state index < -0.39 is 0 Å². The molecule has 3 nitrogen and oxygen atoms in total. The Balaban J connectivity index is 2.76. The lowest BCUT2D eigenvalue weighted by atomic mass is 9.69. The van der Waals surface area contributed by atoms with Crippen LogP contribution in [0.2, 0.25) is 0 Å². The second-order valence-corrected chi connectivity index (χ2v) is 7.24. The quantitative estimate of drug-likeness (QED) is 0.835. The van der Waals surface area contributed by atoms with E-state index in [0.29, 0.717) is 23.5 Å². The summed E-state index contributed by atoms with van der Waals surface area (Å²) < 4.78 is 5.32. The molecule has 0 amide bonds. The van der Waals surface area contributed by atoms with Crippen molar-refractivity contribution < 1.29 is 4.74 Å². The number of hydrogen-bond acceptors (Lipinski definition) is 3. The summed E-state index contributed by atoms with van der Waals surface area (Å²) in [5.41, 5.74) is 6.80. The Morgan fingerprint density at radius 2 is 1.95 bits per heavy atom. The van der Waals surface area contributed by atoms with Crippen molar-refractivity contribution in [3.8, 4) is 0 Å². The monoisotopic (exact) mass is 270 g/mol. The van der Waals surface area contributed by atoms with Crippen LogP contribution in [0, 0.1) is 11.3 Å². The minimum Gasteiger partial charge on any atom is -0.383 e. The predicted molar refractivity (Wildman–Crippen MR) is 82.3 cm³/mol. The lowest BCUT2D eigenvalue weighted by Gasteiger charge is -2.46. The van der Waals surface area contributed by atoms with E-state index in [1.807, 2.05) is 0 Å². The molecule has 0 aromatic carbocycles. The van der Waals surface area contributed by atoms with Crippen molar-refractivity contribution in [2.24, 2.45) is 17.1 Å². The van der Waals surface area contributed by atoms with Gasteiger partial charge in [-0.1, -0.05) is 27.7 Å². The molecule has 0 radical (unpaired) electrons. The molecule has 2 N–H and O–H groups in total. The van der Waals surface area contributed by atoms with E-state index in [1.54, 1.807) is 7.11 Å². The third kappa shape index (κ3) is 4.44. The van der Waals surface area contributed by atoms with Crippen molar-refractivity contribution in [3.05, 3.63) is 0 Å². The van der Waals surface area contributed by atoms with Crippen LogP contribution in [0.5, 0.6) is 0 Å². The Labute approximate surface area is 119 Å². The summed E-state index contributed by atoms with van der Waals surface area (Å²) in [6.45, 7) is 13.4. The van der Waals surface area contributed by atoms with Crippen molar-refractivity contribution in [1.29, 1.82) is 0 Å². The molecule has 0 heterocycles. The van der Waals surface area contributed by atoms with Crippen LogP contribution in [0.15, 0.2) is 0 Å². The summed E-state index contributed by atoms with van der Waals surface area (Å²) in [5, 5.41) is 0. The molecule has 0 aliphatic heterocycles. The molecule has 0 spiro atoms. The van der Waals surface area contributed by atoms with Crippen molar-refractivity contribution in [2.75, 3.05) is 20.3 Å². The Bertz CT molecular complexity index is 262. The third-order valence-corrected chi connectivity index (χ3v) is 4.86. The molecular formula is C16H34N2O. The van der Waals surface area contributed by atoms with Crippen molar-refractivity contribution in [1.82, 2.24) is 4.90 Å². The fourth-order valence-electron chi connectivity index (χ4n) is 3.55. The topological polar surface area (TPSA) is 38.5 Å². The maximum atomic E-state index is 6.41. The van der Waals surface area contributed by atoms with Crippen LogP contribution in [0.4, 0.5) is 0 Å². The number of methoxy groups -OCH3 is 1. The van der Waals surface area contributed by atoms with Gasteiger partial charge in [0.25, 0.3) is 0 Å². The zero-order valence-electron chi connectivity index (χ0n) is 13.8. The number of nitrogens with zero attached hydrogens (tertiary/aromatic N) is 1. The van der Waals surface area contributed by atoms with Gasteiger partial charge in [0.15, 0.2) is 0 Å². The number of ether oxygens (including phenoxy) is 1. The predicted octanol–water partition coefficient (Wildman–Crippen LogP) is 2.89. The number of nitrogens with two attached hydrogens (primary N) is 1. The van der Waals surface area contributed by atoms with Gasteiger partial charge >= 0.3 is 0 Å². The van der Waals surface area contributed by atoms with Crippen molar-refractivity contribution in [2.45, 2.75) is 72.0 Å². The molecule has 114 valence electrons. The molecule has 1 rings (SSSR count). The van der Waals surface area contributed by atoms with E-state index in [9.17, 15) is 0 Å². The van der Waals surface area contributed by atoms with Gasteiger partial charge in [-0.2, -0.15) is 0 Å². The van der Waals surface area contributed by atoms with E-state index >= 15 is 0 Å². The smallest absolute Gasteiger partial charge is 0.0615 e. The molecule has 4 atom stereocenters. The zero-order valence-corrected chi connectivity index (χ0v) is 13.8. The Morgan fingerprint density at radius 1 is 1.32 bits per heavy atom. The minimum absolute atomic E-state index is 0.317. The first-order valence-electron chi connectivity index (χ1n) is 7.81. The van der Waals surface area contributed by atoms with E-state index in [2.05, 4.69) is 39.5 Å². The first-order valence-corrected chi connectivity index (χ1v) is 7.81. The second-order valence-electron chi connectivity index (χ2n) is 7.24. The Hall–Kier alpha value is -0.120. The number of rotatable bonds is 5. The van der Waals surface area contributed by atoms with Crippen LogP contribution >= 0.6 is 0 Å². The summed E-state index contributed by atoms with van der Waals surface area (Å²) in [4.78, 5) is 2.55. The highest BCUT2D eigenvalue weighted by Crippen LogP contribution is 2.39. The van der Waals surface area contributed by atoms with Crippen molar-refractivity contribution in [3.63, 3.8) is 0 Å². The Kier molecular flexibility index (Phi) is 6.28. The van der Waals surface area contributed by atoms with Crippen LogP contribution in [-0.4, -0.2) is 43.3 Å². The molecule has 0 aromatic heterocycles. The SMILES string of the molecule is CCN(C(C)COC)C1CC(C(C)(C)C)CCC1N. The Morgan fingerprint density at radius 3 is 2.42 bits per heavy atom. The third-order valence-electron chi connectivity index (χ3n) is 4.86. The average molecular weight is 270 g/mol. The molecule has 1 aliphatic carbocycles.